The van der Waals surface area contributed by atoms with Crippen LogP contribution in [0.3, 0.4) is 0 Å². The molecule has 0 atom stereocenters. The summed E-state index contributed by atoms with van der Waals surface area (Å²) in [7, 11) is 0. The SMILES string of the molecule is Cc1nc2oc3ccc(Cl)cc3c(=O)c2cc1C(=O)Nc1ccc(Cl)cc1. The Hall–Kier alpha value is -2.89. The zero-order valence-corrected chi connectivity index (χ0v) is 15.6. The number of pyridine rings is 1. The van der Waals surface area contributed by atoms with Gasteiger partial charge >= 0.3 is 0 Å². The van der Waals surface area contributed by atoms with Gasteiger partial charge in [0, 0.05) is 15.7 Å². The summed E-state index contributed by atoms with van der Waals surface area (Å²) < 4.78 is 5.71. The minimum Gasteiger partial charge on any atom is -0.437 e. The molecule has 2 aromatic carbocycles. The monoisotopic (exact) mass is 398 g/mol. The van der Waals surface area contributed by atoms with Crippen molar-refractivity contribution < 1.29 is 9.21 Å². The van der Waals surface area contributed by atoms with Gasteiger partial charge in [0.25, 0.3) is 5.91 Å². The Kier molecular flexibility index (Phi) is 4.34. The summed E-state index contributed by atoms with van der Waals surface area (Å²) in [4.78, 5) is 29.8. The zero-order chi connectivity index (χ0) is 19.1. The smallest absolute Gasteiger partial charge is 0.257 e. The molecule has 2 aromatic heterocycles. The van der Waals surface area contributed by atoms with Crippen molar-refractivity contribution in [2.75, 3.05) is 5.32 Å². The Balaban J connectivity index is 1.83. The maximum absolute atomic E-state index is 12.8. The fourth-order valence-electron chi connectivity index (χ4n) is 2.80. The van der Waals surface area contributed by atoms with Gasteiger partial charge in [-0.1, -0.05) is 23.2 Å². The van der Waals surface area contributed by atoms with Crippen LogP contribution in [0.1, 0.15) is 16.1 Å². The molecule has 0 bridgehead atoms. The van der Waals surface area contributed by atoms with Gasteiger partial charge in [-0.25, -0.2) is 4.98 Å². The van der Waals surface area contributed by atoms with E-state index < -0.39 is 0 Å². The maximum atomic E-state index is 12.8. The predicted molar refractivity (Wildman–Crippen MR) is 107 cm³/mol. The van der Waals surface area contributed by atoms with Crippen LogP contribution in [0.25, 0.3) is 22.1 Å². The zero-order valence-electron chi connectivity index (χ0n) is 14.0. The van der Waals surface area contributed by atoms with Crippen LogP contribution in [0.15, 0.2) is 57.7 Å². The van der Waals surface area contributed by atoms with Crippen LogP contribution in [-0.2, 0) is 0 Å². The Bertz CT molecular complexity index is 1260. The number of hydrogen-bond donors (Lipinski definition) is 1. The molecule has 0 aliphatic carbocycles. The molecule has 1 N–H and O–H groups in total. The number of carbonyl (C=O) groups is 1. The van der Waals surface area contributed by atoms with Crippen LogP contribution in [-0.4, -0.2) is 10.9 Å². The highest BCUT2D eigenvalue weighted by Gasteiger charge is 2.16. The summed E-state index contributed by atoms with van der Waals surface area (Å²) >= 11 is 11.8. The number of amides is 1. The van der Waals surface area contributed by atoms with Gasteiger partial charge in [0.2, 0.25) is 11.1 Å². The van der Waals surface area contributed by atoms with Crippen molar-refractivity contribution in [3.8, 4) is 0 Å². The Labute approximate surface area is 163 Å². The molecular formula is C20H12Cl2N2O3. The van der Waals surface area contributed by atoms with E-state index in [1.54, 1.807) is 43.3 Å². The van der Waals surface area contributed by atoms with Gasteiger partial charge in [-0.2, -0.15) is 0 Å². The van der Waals surface area contributed by atoms with E-state index in [1.807, 2.05) is 0 Å². The molecule has 0 fully saturated rings. The first kappa shape index (κ1) is 17.5. The van der Waals surface area contributed by atoms with Gasteiger partial charge in [-0.3, -0.25) is 9.59 Å². The number of aryl methyl sites for hydroxylation is 1. The third kappa shape index (κ3) is 3.27. The van der Waals surface area contributed by atoms with E-state index in [4.69, 9.17) is 27.6 Å². The normalized spacial score (nSPS) is 11.1. The second kappa shape index (κ2) is 6.68. The predicted octanol–water partition coefficient (Wildman–Crippen LogP) is 5.21. The van der Waals surface area contributed by atoms with Gasteiger partial charge in [-0.05, 0) is 55.5 Å². The van der Waals surface area contributed by atoms with Crippen LogP contribution in [0.5, 0.6) is 0 Å². The lowest BCUT2D eigenvalue weighted by molar-refractivity contribution is 0.102. The van der Waals surface area contributed by atoms with Crippen molar-refractivity contribution in [2.45, 2.75) is 6.92 Å². The summed E-state index contributed by atoms with van der Waals surface area (Å²) in [6.45, 7) is 1.68. The number of fused-ring (bicyclic) bond motifs is 2. The highest BCUT2D eigenvalue weighted by atomic mass is 35.5. The number of aromatic nitrogens is 1. The minimum absolute atomic E-state index is 0.176. The van der Waals surface area contributed by atoms with Crippen molar-refractivity contribution in [3.05, 3.63) is 80.1 Å². The molecule has 4 rings (SSSR count). The molecule has 0 aliphatic rings. The van der Waals surface area contributed by atoms with E-state index in [-0.39, 0.29) is 28.0 Å². The van der Waals surface area contributed by atoms with Gasteiger partial charge in [0.15, 0.2) is 0 Å². The van der Waals surface area contributed by atoms with Crippen molar-refractivity contribution in [2.24, 2.45) is 0 Å². The minimum atomic E-state index is -0.380. The topological polar surface area (TPSA) is 72.2 Å². The second-order valence-electron chi connectivity index (χ2n) is 6.01. The highest BCUT2D eigenvalue weighted by Crippen LogP contribution is 2.23. The Morgan fingerprint density at radius 3 is 2.44 bits per heavy atom. The second-order valence-corrected chi connectivity index (χ2v) is 6.88. The standard InChI is InChI=1S/C20H12Cl2N2O3/c1-10-14(19(26)24-13-5-2-11(21)3-6-13)9-16-18(25)15-8-12(22)4-7-17(15)27-20(16)23-10/h2-9H,1H3,(H,24,26). The molecule has 0 unspecified atom stereocenters. The van der Waals surface area contributed by atoms with Gasteiger partial charge in [0.05, 0.1) is 22.0 Å². The molecule has 2 heterocycles. The molecule has 0 saturated heterocycles. The van der Waals surface area contributed by atoms with Crippen molar-refractivity contribution >= 4 is 56.9 Å². The number of halogens is 2. The van der Waals surface area contributed by atoms with Crippen molar-refractivity contribution in [1.82, 2.24) is 4.98 Å². The van der Waals surface area contributed by atoms with E-state index >= 15 is 0 Å². The average molecular weight is 399 g/mol. The molecule has 27 heavy (non-hydrogen) atoms. The van der Waals surface area contributed by atoms with Gasteiger partial charge in [-0.15, -0.1) is 0 Å². The fourth-order valence-corrected chi connectivity index (χ4v) is 3.10. The van der Waals surface area contributed by atoms with Gasteiger partial charge < -0.3 is 9.73 Å². The van der Waals surface area contributed by atoms with Crippen molar-refractivity contribution in [3.63, 3.8) is 0 Å². The number of anilines is 1. The maximum Gasteiger partial charge on any atom is 0.257 e. The van der Waals surface area contributed by atoms with E-state index in [0.717, 1.165) is 0 Å². The summed E-state index contributed by atoms with van der Waals surface area (Å²) in [6, 6.07) is 13.0. The molecular weight excluding hydrogens is 387 g/mol. The quantitative estimate of drug-likeness (QED) is 0.470. The van der Waals surface area contributed by atoms with E-state index in [0.29, 0.717) is 32.4 Å². The summed E-state index contributed by atoms with van der Waals surface area (Å²) in [6.07, 6.45) is 0. The molecule has 0 spiro atoms. The highest BCUT2D eigenvalue weighted by molar-refractivity contribution is 6.31. The van der Waals surface area contributed by atoms with Gasteiger partial charge in [0.1, 0.15) is 5.58 Å². The number of hydrogen-bond acceptors (Lipinski definition) is 4. The molecule has 5 nitrogen and oxygen atoms in total. The molecule has 1 amide bonds. The molecule has 134 valence electrons. The molecule has 0 saturated carbocycles. The largest absolute Gasteiger partial charge is 0.437 e. The Morgan fingerprint density at radius 1 is 1.00 bits per heavy atom. The first-order valence-corrected chi connectivity index (χ1v) is 8.78. The third-order valence-corrected chi connectivity index (χ3v) is 4.65. The van der Waals surface area contributed by atoms with E-state index in [9.17, 15) is 9.59 Å². The summed E-state index contributed by atoms with van der Waals surface area (Å²) in [5, 5.41) is 4.32. The number of rotatable bonds is 2. The Morgan fingerprint density at radius 2 is 1.70 bits per heavy atom. The molecule has 7 heteroatoms. The van der Waals surface area contributed by atoms with E-state index in [2.05, 4.69) is 10.3 Å². The van der Waals surface area contributed by atoms with Crippen LogP contribution >= 0.6 is 23.2 Å². The summed E-state index contributed by atoms with van der Waals surface area (Å²) in [5.41, 5.74) is 1.59. The number of benzene rings is 2. The lowest BCUT2D eigenvalue weighted by Crippen LogP contribution is -2.15. The molecule has 0 aliphatic heterocycles. The summed E-state index contributed by atoms with van der Waals surface area (Å²) in [5.74, 6) is -0.380. The van der Waals surface area contributed by atoms with E-state index in [1.165, 1.54) is 12.1 Å². The first-order valence-electron chi connectivity index (χ1n) is 8.03. The first-order chi connectivity index (χ1) is 12.9. The number of nitrogens with zero attached hydrogens (tertiary/aromatic N) is 1. The third-order valence-electron chi connectivity index (χ3n) is 4.16. The van der Waals surface area contributed by atoms with Crippen LogP contribution in [0.4, 0.5) is 5.69 Å². The molecule has 0 radical (unpaired) electrons. The lowest BCUT2D eigenvalue weighted by atomic mass is 10.1. The average Bonchev–Trinajstić information content (AvgIpc) is 2.64. The lowest BCUT2D eigenvalue weighted by Gasteiger charge is -2.09. The number of nitrogens with one attached hydrogen (secondary N) is 1. The van der Waals surface area contributed by atoms with Crippen molar-refractivity contribution in [1.29, 1.82) is 0 Å². The fraction of sp³-hybridized carbons (Fsp3) is 0.0500. The van der Waals surface area contributed by atoms with Crippen LogP contribution < -0.4 is 10.7 Å². The van der Waals surface area contributed by atoms with Crippen LogP contribution in [0.2, 0.25) is 10.0 Å². The molecule has 4 aromatic rings. The van der Waals surface area contributed by atoms with Crippen LogP contribution in [0, 0.1) is 6.92 Å². The number of carbonyl (C=O) groups excluding carboxylic acids is 1.